The van der Waals surface area contributed by atoms with E-state index in [4.69, 9.17) is 0 Å². The number of carbonyl (C=O) groups is 1. The topological polar surface area (TPSA) is 59.8 Å². The number of aryl methyl sites for hydroxylation is 3. The van der Waals surface area contributed by atoms with Gasteiger partial charge in [0, 0.05) is 11.4 Å². The highest BCUT2D eigenvalue weighted by Gasteiger charge is 2.20. The Morgan fingerprint density at radius 1 is 1.50 bits per heavy atom. The van der Waals surface area contributed by atoms with Crippen LogP contribution in [0.25, 0.3) is 0 Å². The summed E-state index contributed by atoms with van der Waals surface area (Å²) in [6.45, 7) is 7.31. The van der Waals surface area contributed by atoms with Crippen LogP contribution in [0.1, 0.15) is 45.1 Å². The highest BCUT2D eigenvalue weighted by molar-refractivity contribution is 7.14. The van der Waals surface area contributed by atoms with Gasteiger partial charge in [0.05, 0.1) is 11.4 Å². The SMILES string of the molecule is Cc1nc(C)n(CCNC(=O)c2cc3c(s2)CC[C@H](C)C3)n1. The summed E-state index contributed by atoms with van der Waals surface area (Å²) < 4.78 is 1.83. The van der Waals surface area contributed by atoms with Crippen molar-refractivity contribution in [1.29, 1.82) is 0 Å². The van der Waals surface area contributed by atoms with Crippen molar-refractivity contribution in [2.75, 3.05) is 6.54 Å². The molecule has 1 N–H and O–H groups in total. The van der Waals surface area contributed by atoms with Crippen molar-refractivity contribution in [3.63, 3.8) is 0 Å². The quantitative estimate of drug-likeness (QED) is 0.942. The third-order valence-corrected chi connectivity index (χ3v) is 5.36. The second kappa shape index (κ2) is 6.20. The first-order chi connectivity index (χ1) is 10.5. The van der Waals surface area contributed by atoms with E-state index in [-0.39, 0.29) is 5.91 Å². The van der Waals surface area contributed by atoms with Gasteiger partial charge in [-0.05, 0) is 50.7 Å². The third-order valence-electron chi connectivity index (χ3n) is 4.12. The zero-order valence-electron chi connectivity index (χ0n) is 13.3. The number of amides is 1. The standard InChI is InChI=1S/C16H22N4OS/c1-10-4-5-14-13(8-10)9-15(22-14)16(21)17-6-7-20-12(3)18-11(2)19-20/h9-10H,4-8H2,1-3H3,(H,17,21)/t10-/m0/s1. The maximum atomic E-state index is 12.3. The van der Waals surface area contributed by atoms with Crippen LogP contribution in [-0.4, -0.2) is 27.2 Å². The van der Waals surface area contributed by atoms with Gasteiger partial charge in [0.1, 0.15) is 11.6 Å². The van der Waals surface area contributed by atoms with Crippen LogP contribution in [0, 0.1) is 19.8 Å². The first kappa shape index (κ1) is 15.2. The number of nitrogens with zero attached hydrogens (tertiary/aromatic N) is 3. The number of fused-ring (bicyclic) bond motifs is 1. The molecule has 2 aromatic rings. The van der Waals surface area contributed by atoms with Gasteiger partial charge in [-0.1, -0.05) is 6.92 Å². The zero-order chi connectivity index (χ0) is 15.7. The Bertz CT molecular complexity index is 688. The number of hydrogen-bond donors (Lipinski definition) is 1. The molecular formula is C16H22N4OS. The van der Waals surface area contributed by atoms with Gasteiger partial charge in [0.25, 0.3) is 5.91 Å². The fraction of sp³-hybridized carbons (Fsp3) is 0.562. The number of carbonyl (C=O) groups excluding carboxylic acids is 1. The summed E-state index contributed by atoms with van der Waals surface area (Å²) in [6.07, 6.45) is 3.46. The Labute approximate surface area is 134 Å². The minimum atomic E-state index is 0.0292. The average molecular weight is 318 g/mol. The fourth-order valence-electron chi connectivity index (χ4n) is 2.95. The van der Waals surface area contributed by atoms with E-state index in [0.29, 0.717) is 13.1 Å². The molecule has 0 saturated carbocycles. The van der Waals surface area contributed by atoms with Crippen LogP contribution in [0.15, 0.2) is 6.07 Å². The van der Waals surface area contributed by atoms with Crippen molar-refractivity contribution in [2.24, 2.45) is 5.92 Å². The number of rotatable bonds is 4. The number of nitrogens with one attached hydrogen (secondary N) is 1. The van der Waals surface area contributed by atoms with Gasteiger partial charge in [0.15, 0.2) is 0 Å². The van der Waals surface area contributed by atoms with Gasteiger partial charge in [-0.2, -0.15) is 5.10 Å². The molecule has 5 nitrogen and oxygen atoms in total. The molecule has 22 heavy (non-hydrogen) atoms. The number of thiophene rings is 1. The lowest BCUT2D eigenvalue weighted by Crippen LogP contribution is -2.27. The molecule has 1 atom stereocenters. The summed E-state index contributed by atoms with van der Waals surface area (Å²) >= 11 is 1.65. The first-order valence-electron chi connectivity index (χ1n) is 7.80. The third kappa shape index (κ3) is 3.21. The Balaban J connectivity index is 1.57. The van der Waals surface area contributed by atoms with Crippen LogP contribution in [0.2, 0.25) is 0 Å². The van der Waals surface area contributed by atoms with E-state index in [1.54, 1.807) is 11.3 Å². The summed E-state index contributed by atoms with van der Waals surface area (Å²) in [4.78, 5) is 18.8. The Morgan fingerprint density at radius 2 is 2.32 bits per heavy atom. The molecular weight excluding hydrogens is 296 g/mol. The van der Waals surface area contributed by atoms with Crippen LogP contribution in [0.3, 0.4) is 0 Å². The molecule has 2 aromatic heterocycles. The maximum Gasteiger partial charge on any atom is 0.261 e. The normalized spacial score (nSPS) is 17.3. The molecule has 1 aliphatic carbocycles. The predicted molar refractivity (Wildman–Crippen MR) is 87.3 cm³/mol. The van der Waals surface area contributed by atoms with E-state index in [0.717, 1.165) is 35.3 Å². The van der Waals surface area contributed by atoms with Crippen molar-refractivity contribution in [3.05, 3.63) is 33.0 Å². The van der Waals surface area contributed by atoms with E-state index in [1.807, 2.05) is 18.5 Å². The molecule has 2 heterocycles. The molecule has 0 fully saturated rings. The van der Waals surface area contributed by atoms with Crippen molar-refractivity contribution < 1.29 is 4.79 Å². The van der Waals surface area contributed by atoms with E-state index in [9.17, 15) is 4.79 Å². The maximum absolute atomic E-state index is 12.3. The predicted octanol–water partition coefficient (Wildman–Crippen LogP) is 2.51. The second-order valence-corrected chi connectivity index (χ2v) is 7.23. The van der Waals surface area contributed by atoms with E-state index < -0.39 is 0 Å². The van der Waals surface area contributed by atoms with E-state index >= 15 is 0 Å². The van der Waals surface area contributed by atoms with Gasteiger partial charge in [-0.15, -0.1) is 11.3 Å². The average Bonchev–Trinajstić information content (AvgIpc) is 3.01. The smallest absolute Gasteiger partial charge is 0.261 e. The molecule has 118 valence electrons. The minimum Gasteiger partial charge on any atom is -0.349 e. The van der Waals surface area contributed by atoms with Gasteiger partial charge in [0.2, 0.25) is 0 Å². The Morgan fingerprint density at radius 3 is 3.05 bits per heavy atom. The van der Waals surface area contributed by atoms with Crippen molar-refractivity contribution in [1.82, 2.24) is 20.1 Å². The number of aromatic nitrogens is 3. The fourth-order valence-corrected chi connectivity index (χ4v) is 4.08. The first-order valence-corrected chi connectivity index (χ1v) is 8.62. The zero-order valence-corrected chi connectivity index (χ0v) is 14.2. The van der Waals surface area contributed by atoms with Crippen LogP contribution in [0.4, 0.5) is 0 Å². The molecule has 1 amide bonds. The largest absolute Gasteiger partial charge is 0.349 e. The van der Waals surface area contributed by atoms with Crippen LogP contribution in [-0.2, 0) is 19.4 Å². The Hall–Kier alpha value is -1.69. The lowest BCUT2D eigenvalue weighted by molar-refractivity contribution is 0.0956. The van der Waals surface area contributed by atoms with Crippen molar-refractivity contribution >= 4 is 17.2 Å². The second-order valence-electron chi connectivity index (χ2n) is 6.09. The number of hydrogen-bond acceptors (Lipinski definition) is 4. The summed E-state index contributed by atoms with van der Waals surface area (Å²) in [5, 5.41) is 7.29. The lowest BCUT2D eigenvalue weighted by atomic mass is 9.90. The van der Waals surface area contributed by atoms with Crippen LogP contribution < -0.4 is 5.32 Å². The molecule has 6 heteroatoms. The summed E-state index contributed by atoms with van der Waals surface area (Å²) in [5.74, 6) is 2.41. The van der Waals surface area contributed by atoms with Crippen molar-refractivity contribution in [3.8, 4) is 0 Å². The van der Waals surface area contributed by atoms with E-state index in [2.05, 4.69) is 28.4 Å². The molecule has 3 rings (SSSR count). The Kier molecular flexibility index (Phi) is 4.29. The lowest BCUT2D eigenvalue weighted by Gasteiger charge is -2.16. The molecule has 0 radical (unpaired) electrons. The van der Waals surface area contributed by atoms with Crippen LogP contribution >= 0.6 is 11.3 Å². The van der Waals surface area contributed by atoms with Crippen molar-refractivity contribution in [2.45, 2.75) is 46.6 Å². The molecule has 0 aliphatic heterocycles. The molecule has 0 unspecified atom stereocenters. The van der Waals surface area contributed by atoms with Gasteiger partial charge >= 0.3 is 0 Å². The minimum absolute atomic E-state index is 0.0292. The van der Waals surface area contributed by atoms with Gasteiger partial charge in [-0.25, -0.2) is 9.67 Å². The van der Waals surface area contributed by atoms with Gasteiger partial charge < -0.3 is 5.32 Å². The summed E-state index contributed by atoms with van der Waals surface area (Å²) in [6, 6.07) is 2.08. The molecule has 0 spiro atoms. The molecule has 0 bridgehead atoms. The highest BCUT2D eigenvalue weighted by atomic mass is 32.1. The van der Waals surface area contributed by atoms with Crippen LogP contribution in [0.5, 0.6) is 0 Å². The monoisotopic (exact) mass is 318 g/mol. The highest BCUT2D eigenvalue weighted by Crippen LogP contribution is 2.32. The van der Waals surface area contributed by atoms with E-state index in [1.165, 1.54) is 16.9 Å². The molecule has 0 saturated heterocycles. The summed E-state index contributed by atoms with van der Waals surface area (Å²) in [7, 11) is 0. The summed E-state index contributed by atoms with van der Waals surface area (Å²) in [5.41, 5.74) is 1.37. The van der Waals surface area contributed by atoms with Gasteiger partial charge in [-0.3, -0.25) is 4.79 Å². The molecule has 0 aromatic carbocycles. The molecule has 1 aliphatic rings.